The quantitative estimate of drug-likeness (QED) is 0.728. The summed E-state index contributed by atoms with van der Waals surface area (Å²) in [7, 11) is 0. The van der Waals surface area contributed by atoms with Crippen LogP contribution in [0.3, 0.4) is 0 Å². The van der Waals surface area contributed by atoms with E-state index in [4.69, 9.17) is 11.6 Å². The Bertz CT molecular complexity index is 416. The number of nitrogens with one attached hydrogen (secondary N) is 1. The topological polar surface area (TPSA) is 28.2 Å². The van der Waals surface area contributed by atoms with E-state index in [-0.39, 0.29) is 0 Å². The maximum Gasteiger partial charge on any atom is 0.147 e. The van der Waals surface area contributed by atoms with Crippen LogP contribution in [0, 0.1) is 5.92 Å². The lowest BCUT2D eigenvalue weighted by atomic mass is 10.0. The molecule has 0 unspecified atom stereocenters. The highest BCUT2D eigenvalue weighted by Gasteiger charge is 2.15. The maximum atomic E-state index is 6.46. The van der Waals surface area contributed by atoms with Crippen LogP contribution in [0.2, 0.25) is 5.02 Å². The van der Waals surface area contributed by atoms with Gasteiger partial charge in [-0.1, -0.05) is 52.1 Å². The van der Waals surface area contributed by atoms with E-state index in [1.165, 1.54) is 12.8 Å². The number of anilines is 1. The Morgan fingerprint density at radius 1 is 1.24 bits per heavy atom. The van der Waals surface area contributed by atoms with Crippen molar-refractivity contribution in [3.05, 3.63) is 22.8 Å². The third-order valence-corrected chi connectivity index (χ3v) is 4.19. The van der Waals surface area contributed by atoms with Crippen LogP contribution in [0.25, 0.3) is 0 Å². The van der Waals surface area contributed by atoms with E-state index in [1.807, 2.05) is 12.3 Å². The molecule has 0 saturated carbocycles. The Hall–Kier alpha value is -0.800. The average molecular weight is 312 g/mol. The predicted molar refractivity (Wildman–Crippen MR) is 93.2 cm³/mol. The van der Waals surface area contributed by atoms with Crippen LogP contribution in [-0.2, 0) is 6.54 Å². The second kappa shape index (κ2) is 9.26. The Kier molecular flexibility index (Phi) is 8.05. The summed E-state index contributed by atoms with van der Waals surface area (Å²) in [5, 5.41) is 4.15. The van der Waals surface area contributed by atoms with Gasteiger partial charge in [0.25, 0.3) is 0 Å². The highest BCUT2D eigenvalue weighted by molar-refractivity contribution is 6.33. The van der Waals surface area contributed by atoms with Crippen molar-refractivity contribution >= 4 is 17.4 Å². The van der Waals surface area contributed by atoms with Crippen LogP contribution in [-0.4, -0.2) is 24.1 Å². The Labute approximate surface area is 135 Å². The van der Waals surface area contributed by atoms with E-state index in [1.54, 1.807) is 0 Å². The molecular weight excluding hydrogens is 282 g/mol. The van der Waals surface area contributed by atoms with Gasteiger partial charge in [-0.3, -0.25) is 0 Å². The van der Waals surface area contributed by atoms with Gasteiger partial charge in [-0.2, -0.15) is 0 Å². The van der Waals surface area contributed by atoms with Crippen molar-refractivity contribution in [1.29, 1.82) is 0 Å². The van der Waals surface area contributed by atoms with Crippen molar-refractivity contribution < 1.29 is 0 Å². The first-order valence-electron chi connectivity index (χ1n) is 8.14. The van der Waals surface area contributed by atoms with E-state index in [0.717, 1.165) is 36.0 Å². The molecule has 1 heterocycles. The second-order valence-corrected chi connectivity index (χ2v) is 6.31. The first kappa shape index (κ1) is 18.2. The van der Waals surface area contributed by atoms with Crippen LogP contribution >= 0.6 is 11.6 Å². The zero-order chi connectivity index (χ0) is 15.8. The molecule has 0 aliphatic heterocycles. The number of rotatable bonds is 9. The van der Waals surface area contributed by atoms with Gasteiger partial charge in [-0.05, 0) is 24.5 Å². The third kappa shape index (κ3) is 5.84. The zero-order valence-corrected chi connectivity index (χ0v) is 14.9. The zero-order valence-electron chi connectivity index (χ0n) is 14.1. The van der Waals surface area contributed by atoms with Crippen LogP contribution in [0.15, 0.2) is 12.3 Å². The molecular formula is C17H30ClN3. The van der Waals surface area contributed by atoms with Gasteiger partial charge in [0, 0.05) is 31.9 Å². The molecule has 0 aliphatic rings. The average Bonchev–Trinajstić information content (AvgIpc) is 2.47. The number of halogens is 1. The van der Waals surface area contributed by atoms with Gasteiger partial charge in [0.15, 0.2) is 0 Å². The minimum Gasteiger partial charge on any atom is -0.355 e. The first-order valence-corrected chi connectivity index (χ1v) is 8.52. The van der Waals surface area contributed by atoms with Gasteiger partial charge in [-0.15, -0.1) is 0 Å². The fourth-order valence-corrected chi connectivity index (χ4v) is 2.65. The smallest absolute Gasteiger partial charge is 0.147 e. The number of aromatic nitrogens is 1. The predicted octanol–water partition coefficient (Wildman–Crippen LogP) is 4.50. The normalized spacial score (nSPS) is 11.4. The molecule has 0 amide bonds. The molecule has 21 heavy (non-hydrogen) atoms. The summed E-state index contributed by atoms with van der Waals surface area (Å²) in [6.07, 6.45) is 4.33. The molecule has 0 aliphatic carbocycles. The minimum atomic E-state index is 0.463. The Balaban J connectivity index is 2.80. The SMILES string of the molecule is CCC(CC)CN(CC)c1ncc(CNC(C)C)cc1Cl. The summed E-state index contributed by atoms with van der Waals surface area (Å²) in [6.45, 7) is 13.7. The van der Waals surface area contributed by atoms with Crippen molar-refractivity contribution in [3.63, 3.8) is 0 Å². The molecule has 0 radical (unpaired) electrons. The van der Waals surface area contributed by atoms with E-state index in [9.17, 15) is 0 Å². The monoisotopic (exact) mass is 311 g/mol. The van der Waals surface area contributed by atoms with Crippen molar-refractivity contribution in [2.24, 2.45) is 5.92 Å². The van der Waals surface area contributed by atoms with E-state index >= 15 is 0 Å². The maximum absolute atomic E-state index is 6.46. The molecule has 1 N–H and O–H groups in total. The summed E-state index contributed by atoms with van der Waals surface area (Å²) in [4.78, 5) is 6.89. The lowest BCUT2D eigenvalue weighted by Gasteiger charge is -2.27. The van der Waals surface area contributed by atoms with Gasteiger partial charge in [-0.25, -0.2) is 4.98 Å². The van der Waals surface area contributed by atoms with E-state index < -0.39 is 0 Å². The molecule has 0 saturated heterocycles. The Morgan fingerprint density at radius 2 is 1.90 bits per heavy atom. The second-order valence-electron chi connectivity index (χ2n) is 5.91. The lowest BCUT2D eigenvalue weighted by Crippen LogP contribution is -2.30. The van der Waals surface area contributed by atoms with Gasteiger partial charge in [0.1, 0.15) is 5.82 Å². The molecule has 4 heteroatoms. The molecule has 0 fully saturated rings. The summed E-state index contributed by atoms with van der Waals surface area (Å²) in [5.41, 5.74) is 1.14. The van der Waals surface area contributed by atoms with Crippen molar-refractivity contribution in [1.82, 2.24) is 10.3 Å². The minimum absolute atomic E-state index is 0.463. The van der Waals surface area contributed by atoms with E-state index in [2.05, 4.69) is 49.8 Å². The third-order valence-electron chi connectivity index (χ3n) is 3.91. The number of pyridine rings is 1. The lowest BCUT2D eigenvalue weighted by molar-refractivity contribution is 0.484. The molecule has 1 rings (SSSR count). The number of hydrogen-bond donors (Lipinski definition) is 1. The molecule has 3 nitrogen and oxygen atoms in total. The fourth-order valence-electron chi connectivity index (χ4n) is 2.35. The summed E-state index contributed by atoms with van der Waals surface area (Å²) < 4.78 is 0. The highest BCUT2D eigenvalue weighted by Crippen LogP contribution is 2.25. The summed E-state index contributed by atoms with van der Waals surface area (Å²) in [5.74, 6) is 1.62. The summed E-state index contributed by atoms with van der Waals surface area (Å²) >= 11 is 6.46. The van der Waals surface area contributed by atoms with Crippen LogP contribution in [0.4, 0.5) is 5.82 Å². The molecule has 1 aromatic rings. The van der Waals surface area contributed by atoms with Crippen LogP contribution in [0.1, 0.15) is 53.0 Å². The number of nitrogens with zero attached hydrogens (tertiary/aromatic N) is 2. The van der Waals surface area contributed by atoms with Crippen LogP contribution in [0.5, 0.6) is 0 Å². The molecule has 0 bridgehead atoms. The molecule has 0 spiro atoms. The number of hydrogen-bond acceptors (Lipinski definition) is 3. The molecule has 1 aromatic heterocycles. The van der Waals surface area contributed by atoms with Crippen molar-refractivity contribution in [3.8, 4) is 0 Å². The molecule has 0 aromatic carbocycles. The van der Waals surface area contributed by atoms with Gasteiger partial charge >= 0.3 is 0 Å². The standard InChI is InChI=1S/C17H30ClN3/c1-6-14(7-2)12-21(8-3)17-16(18)9-15(11-20-17)10-19-13(4)5/h9,11,13-14,19H,6-8,10,12H2,1-5H3. The van der Waals surface area contributed by atoms with Gasteiger partial charge < -0.3 is 10.2 Å². The van der Waals surface area contributed by atoms with Crippen molar-refractivity contribution in [2.45, 2.75) is 60.0 Å². The first-order chi connectivity index (χ1) is 10.0. The van der Waals surface area contributed by atoms with E-state index in [0.29, 0.717) is 12.0 Å². The Morgan fingerprint density at radius 3 is 2.38 bits per heavy atom. The highest BCUT2D eigenvalue weighted by atomic mass is 35.5. The van der Waals surface area contributed by atoms with Gasteiger partial charge in [0.05, 0.1) is 5.02 Å². The molecule has 0 atom stereocenters. The summed E-state index contributed by atoms with van der Waals surface area (Å²) in [6, 6.07) is 2.50. The van der Waals surface area contributed by atoms with Gasteiger partial charge in [0.2, 0.25) is 0 Å². The fraction of sp³-hybridized carbons (Fsp3) is 0.706. The van der Waals surface area contributed by atoms with Crippen LogP contribution < -0.4 is 10.2 Å². The largest absolute Gasteiger partial charge is 0.355 e. The van der Waals surface area contributed by atoms with Crippen molar-refractivity contribution in [2.75, 3.05) is 18.0 Å². The molecule has 120 valence electrons.